The van der Waals surface area contributed by atoms with E-state index in [1.807, 2.05) is 18.3 Å². The van der Waals surface area contributed by atoms with Crippen molar-refractivity contribution in [3.63, 3.8) is 0 Å². The Balaban J connectivity index is 1.40. The third-order valence-electron chi connectivity index (χ3n) is 6.74. The average Bonchev–Trinajstić information content (AvgIpc) is 2.92. The molecule has 1 amide bonds. The van der Waals surface area contributed by atoms with Crippen molar-refractivity contribution in [2.45, 2.75) is 26.2 Å². The lowest BCUT2D eigenvalue weighted by Gasteiger charge is -2.38. The van der Waals surface area contributed by atoms with E-state index in [1.54, 1.807) is 6.20 Å². The van der Waals surface area contributed by atoms with Gasteiger partial charge in [0, 0.05) is 78.6 Å². The number of carbonyl (C=O) groups excluding carboxylic acids is 1. The summed E-state index contributed by atoms with van der Waals surface area (Å²) in [7, 11) is 0. The number of aromatic nitrogens is 1. The van der Waals surface area contributed by atoms with Crippen molar-refractivity contribution in [2.24, 2.45) is 0 Å². The summed E-state index contributed by atoms with van der Waals surface area (Å²) >= 11 is 0. The van der Waals surface area contributed by atoms with Gasteiger partial charge in [0.2, 0.25) is 5.91 Å². The summed E-state index contributed by atoms with van der Waals surface area (Å²) in [5, 5.41) is 5.68. The van der Waals surface area contributed by atoms with Crippen LogP contribution in [-0.2, 0) is 4.79 Å². The number of benzene rings is 3. The topological polar surface area (TPSA) is 48.5 Å². The fraction of sp³-hybridized carbons (Fsp3) is 0.267. The second-order valence-electron chi connectivity index (χ2n) is 9.10. The number of hydrogen-bond acceptors (Lipinski definition) is 4. The van der Waals surface area contributed by atoms with E-state index in [9.17, 15) is 4.79 Å². The highest BCUT2D eigenvalue weighted by Crippen LogP contribution is 2.35. The molecule has 0 bridgehead atoms. The van der Waals surface area contributed by atoms with Gasteiger partial charge in [-0.05, 0) is 36.1 Å². The van der Waals surface area contributed by atoms with Gasteiger partial charge < -0.3 is 15.1 Å². The molecular weight excluding hydrogens is 432 g/mol. The number of fused-ring (bicyclic) bond motifs is 1. The van der Waals surface area contributed by atoms with Crippen LogP contribution < -0.4 is 15.1 Å². The van der Waals surface area contributed by atoms with Crippen LogP contribution in [0.15, 0.2) is 85.2 Å². The first-order chi connectivity index (χ1) is 17.2. The van der Waals surface area contributed by atoms with E-state index >= 15 is 0 Å². The van der Waals surface area contributed by atoms with E-state index in [4.69, 9.17) is 0 Å². The van der Waals surface area contributed by atoms with E-state index in [1.165, 1.54) is 16.5 Å². The van der Waals surface area contributed by atoms with Crippen LogP contribution in [0.3, 0.4) is 0 Å². The van der Waals surface area contributed by atoms with Gasteiger partial charge in [-0.3, -0.25) is 9.78 Å². The zero-order chi connectivity index (χ0) is 24.0. The SMILES string of the molecule is CCCCC(=O)Nc1ccc(-c2cccnc2)c(N2CCN(c3cccc4ccccc34)CC2)c1. The molecule has 35 heavy (non-hydrogen) atoms. The molecule has 1 N–H and O–H groups in total. The van der Waals surface area contributed by atoms with Crippen molar-refractivity contribution in [3.05, 3.63) is 85.2 Å². The summed E-state index contributed by atoms with van der Waals surface area (Å²) in [5.41, 5.74) is 5.52. The minimum atomic E-state index is 0.0766. The Morgan fingerprint density at radius 2 is 1.66 bits per heavy atom. The van der Waals surface area contributed by atoms with E-state index < -0.39 is 0 Å². The predicted molar refractivity (Wildman–Crippen MR) is 146 cm³/mol. The molecule has 0 aliphatic carbocycles. The molecule has 4 aromatic rings. The van der Waals surface area contributed by atoms with Gasteiger partial charge in [-0.25, -0.2) is 0 Å². The Bertz CT molecular complexity index is 1290. The van der Waals surface area contributed by atoms with Crippen molar-refractivity contribution >= 4 is 33.7 Å². The molecule has 1 aromatic heterocycles. The molecule has 1 aliphatic heterocycles. The van der Waals surface area contributed by atoms with Gasteiger partial charge >= 0.3 is 0 Å². The summed E-state index contributed by atoms with van der Waals surface area (Å²) in [4.78, 5) is 21.6. The van der Waals surface area contributed by atoms with Crippen molar-refractivity contribution in [2.75, 3.05) is 41.3 Å². The molecule has 5 heteroatoms. The number of nitrogens with zero attached hydrogens (tertiary/aromatic N) is 3. The van der Waals surface area contributed by atoms with Gasteiger partial charge in [0.15, 0.2) is 0 Å². The standard InChI is InChI=1S/C30H32N4O/c1-2-3-13-30(35)32-25-14-15-27(24-10-7-16-31-22-24)29(21-25)34-19-17-33(18-20-34)28-12-6-9-23-8-4-5-11-26(23)28/h4-12,14-16,21-22H,2-3,13,17-20H2,1H3,(H,32,35). The largest absolute Gasteiger partial charge is 0.367 e. The fourth-order valence-corrected chi connectivity index (χ4v) is 4.87. The van der Waals surface area contributed by atoms with Crippen LogP contribution in [0.2, 0.25) is 0 Å². The fourth-order valence-electron chi connectivity index (χ4n) is 4.87. The Morgan fingerprint density at radius 1 is 0.886 bits per heavy atom. The number of rotatable bonds is 7. The van der Waals surface area contributed by atoms with Gasteiger partial charge in [0.25, 0.3) is 0 Å². The maximum absolute atomic E-state index is 12.4. The highest BCUT2D eigenvalue weighted by atomic mass is 16.1. The Morgan fingerprint density at radius 3 is 2.43 bits per heavy atom. The summed E-state index contributed by atoms with van der Waals surface area (Å²) in [6.45, 7) is 5.79. The number of amides is 1. The van der Waals surface area contributed by atoms with Gasteiger partial charge in [-0.2, -0.15) is 0 Å². The van der Waals surface area contributed by atoms with Crippen LogP contribution in [0.25, 0.3) is 21.9 Å². The van der Waals surface area contributed by atoms with Crippen LogP contribution in [-0.4, -0.2) is 37.1 Å². The van der Waals surface area contributed by atoms with Crippen molar-refractivity contribution < 1.29 is 4.79 Å². The lowest BCUT2D eigenvalue weighted by molar-refractivity contribution is -0.116. The molecule has 0 atom stereocenters. The maximum atomic E-state index is 12.4. The van der Waals surface area contributed by atoms with Crippen LogP contribution in [0.1, 0.15) is 26.2 Å². The van der Waals surface area contributed by atoms with Crippen LogP contribution in [0.4, 0.5) is 17.1 Å². The van der Waals surface area contributed by atoms with Gasteiger partial charge in [0.05, 0.1) is 0 Å². The normalized spacial score (nSPS) is 13.7. The van der Waals surface area contributed by atoms with Crippen molar-refractivity contribution in [1.82, 2.24) is 4.98 Å². The molecule has 0 radical (unpaired) electrons. The summed E-state index contributed by atoms with van der Waals surface area (Å²) < 4.78 is 0. The number of hydrogen-bond donors (Lipinski definition) is 1. The smallest absolute Gasteiger partial charge is 0.224 e. The first-order valence-corrected chi connectivity index (χ1v) is 12.5. The third-order valence-corrected chi connectivity index (χ3v) is 6.74. The highest BCUT2D eigenvalue weighted by Gasteiger charge is 2.22. The monoisotopic (exact) mass is 464 g/mol. The number of unbranched alkanes of at least 4 members (excludes halogenated alkanes) is 1. The van der Waals surface area contributed by atoms with Gasteiger partial charge in [0.1, 0.15) is 0 Å². The van der Waals surface area contributed by atoms with E-state index in [-0.39, 0.29) is 5.91 Å². The van der Waals surface area contributed by atoms with Crippen molar-refractivity contribution in [1.29, 1.82) is 0 Å². The third kappa shape index (κ3) is 5.14. The Kier molecular flexibility index (Phi) is 6.94. The molecule has 1 aliphatic rings. The molecule has 3 aromatic carbocycles. The molecule has 5 rings (SSSR count). The summed E-state index contributed by atoms with van der Waals surface area (Å²) in [6.07, 6.45) is 6.18. The average molecular weight is 465 g/mol. The minimum absolute atomic E-state index is 0.0766. The second-order valence-corrected chi connectivity index (χ2v) is 9.10. The van der Waals surface area contributed by atoms with Crippen LogP contribution in [0.5, 0.6) is 0 Å². The molecular formula is C30H32N4O. The molecule has 0 unspecified atom stereocenters. The van der Waals surface area contributed by atoms with Crippen LogP contribution >= 0.6 is 0 Å². The Hall–Kier alpha value is -3.86. The molecule has 0 spiro atoms. The number of carbonyl (C=O) groups is 1. The number of anilines is 3. The quantitative estimate of drug-likeness (QED) is 0.346. The van der Waals surface area contributed by atoms with Gasteiger partial charge in [-0.15, -0.1) is 0 Å². The first kappa shape index (κ1) is 22.9. The predicted octanol–water partition coefficient (Wildman–Crippen LogP) is 6.36. The lowest BCUT2D eigenvalue weighted by Crippen LogP contribution is -2.46. The molecule has 1 fully saturated rings. The Labute approximate surface area is 207 Å². The molecule has 178 valence electrons. The lowest BCUT2D eigenvalue weighted by atomic mass is 10.0. The number of nitrogens with one attached hydrogen (secondary N) is 1. The molecule has 2 heterocycles. The molecule has 5 nitrogen and oxygen atoms in total. The van der Waals surface area contributed by atoms with Crippen molar-refractivity contribution in [3.8, 4) is 11.1 Å². The first-order valence-electron chi connectivity index (χ1n) is 12.5. The maximum Gasteiger partial charge on any atom is 0.224 e. The number of piperazine rings is 1. The van der Waals surface area contributed by atoms with Crippen LogP contribution in [0, 0.1) is 0 Å². The second kappa shape index (κ2) is 10.6. The highest BCUT2D eigenvalue weighted by molar-refractivity contribution is 5.95. The summed E-state index contributed by atoms with van der Waals surface area (Å²) in [5.74, 6) is 0.0766. The van der Waals surface area contributed by atoms with E-state index in [0.29, 0.717) is 6.42 Å². The zero-order valence-corrected chi connectivity index (χ0v) is 20.3. The van der Waals surface area contributed by atoms with E-state index in [2.05, 4.69) is 87.7 Å². The van der Waals surface area contributed by atoms with E-state index in [0.717, 1.165) is 61.5 Å². The minimum Gasteiger partial charge on any atom is -0.367 e. The zero-order valence-electron chi connectivity index (χ0n) is 20.3. The van der Waals surface area contributed by atoms with Gasteiger partial charge in [-0.1, -0.05) is 61.9 Å². The molecule has 0 saturated carbocycles. The summed E-state index contributed by atoms with van der Waals surface area (Å²) in [6, 6.07) is 25.4. The molecule has 1 saturated heterocycles. The number of pyridine rings is 1.